The van der Waals surface area contributed by atoms with Gasteiger partial charge in [0, 0.05) is 85.4 Å². The highest BCUT2D eigenvalue weighted by molar-refractivity contribution is 7.23. The van der Waals surface area contributed by atoms with Gasteiger partial charge in [-0.25, -0.2) is 4.58 Å². The molecule has 8 aromatic rings. The summed E-state index contributed by atoms with van der Waals surface area (Å²) in [6.07, 6.45) is 0. The van der Waals surface area contributed by atoms with Gasteiger partial charge in [-0.15, -0.1) is 22.7 Å². The number of anilines is 3. The van der Waals surface area contributed by atoms with Crippen molar-refractivity contribution in [1.82, 2.24) is 4.58 Å². The van der Waals surface area contributed by atoms with Crippen molar-refractivity contribution in [3.05, 3.63) is 148 Å². The van der Waals surface area contributed by atoms with Gasteiger partial charge in [0.1, 0.15) is 69.4 Å². The number of thiophene rings is 2. The van der Waals surface area contributed by atoms with Crippen LogP contribution >= 0.6 is 22.7 Å². The second kappa shape index (κ2) is 19.0. The number of nitrogens with zero attached hydrogens (tertiary/aromatic N) is 4. The Morgan fingerprint density at radius 2 is 1.16 bits per heavy atom. The Hall–Kier alpha value is -8.41. The average molecular weight is 1070 g/mol. The van der Waals surface area contributed by atoms with E-state index >= 15 is 0 Å². The first kappa shape index (κ1) is 50.7. The lowest BCUT2D eigenvalue weighted by Gasteiger charge is -2.43. The van der Waals surface area contributed by atoms with Crippen molar-refractivity contribution >= 4 is 89.4 Å². The maximum absolute atomic E-state index is 12.4. The number of hydrogen-bond acceptors (Lipinski definition) is 12. The van der Waals surface area contributed by atoms with E-state index in [4.69, 9.17) is 14.2 Å². The van der Waals surface area contributed by atoms with E-state index in [1.165, 1.54) is 41.1 Å². The van der Waals surface area contributed by atoms with Gasteiger partial charge in [-0.05, 0) is 85.8 Å². The maximum Gasteiger partial charge on any atom is 0.323 e. The number of fused-ring (bicyclic) bond motifs is 12. The summed E-state index contributed by atoms with van der Waals surface area (Å²) in [6.45, 7) is 8.04. The van der Waals surface area contributed by atoms with Crippen molar-refractivity contribution < 1.29 is 53.8 Å². The van der Waals surface area contributed by atoms with Crippen molar-refractivity contribution in [3.63, 3.8) is 0 Å². The molecule has 11 rings (SSSR count). The van der Waals surface area contributed by atoms with Gasteiger partial charge in [0.05, 0.1) is 33.4 Å². The van der Waals surface area contributed by atoms with Crippen molar-refractivity contribution in [1.29, 1.82) is 0 Å². The van der Waals surface area contributed by atoms with Crippen LogP contribution in [0.1, 0.15) is 55.5 Å². The number of carboxylic acids is 4. The zero-order valence-corrected chi connectivity index (χ0v) is 45.0. The number of benzene rings is 6. The molecule has 6 aromatic carbocycles. The molecule has 0 bridgehead atoms. The van der Waals surface area contributed by atoms with Gasteiger partial charge in [-0.1, -0.05) is 48.5 Å². The topological polar surface area (TPSA) is 190 Å². The minimum atomic E-state index is -1.25. The smallest absolute Gasteiger partial charge is 0.323 e. The standard InChI is InChI=1S/C60H54N4O11S2/c1-32-16-18-40(63(28-50(65)66)29-51(67)68)46(22-32)73-20-21-74-47-23-33(17-19-41(47)64(30-52(69)70)31-53(71)72)54-38-24-36-42(61(6)59(2,3)55-34-12-8-10-14-48(34)76-57(36)55)26-44(38)75-45-27-43-37(25-39(45)54)58-56(60(4,5)62(43)7)35-13-9-11-15-49(35)77-58/h8-19,22-27H,20-21,28-31H2,1-7H3,(H3-,65,66,67,68,69,70,71,72)/p+1. The quantitative estimate of drug-likeness (QED) is 0.0529. The van der Waals surface area contributed by atoms with Crippen LogP contribution in [0.5, 0.6) is 23.0 Å². The van der Waals surface area contributed by atoms with E-state index in [-0.39, 0.29) is 47.2 Å². The Kier molecular flexibility index (Phi) is 12.5. The number of carboxylic acid groups (broad SMARTS) is 4. The largest absolute Gasteiger partial charge is 0.488 e. The molecule has 17 heteroatoms. The van der Waals surface area contributed by atoms with Crippen molar-refractivity contribution in [3.8, 4) is 43.9 Å². The highest BCUT2D eigenvalue weighted by Gasteiger charge is 2.43. The van der Waals surface area contributed by atoms with E-state index in [0.29, 0.717) is 17.1 Å². The summed E-state index contributed by atoms with van der Waals surface area (Å²) in [7, 11) is 4.23. The number of rotatable bonds is 16. The zero-order valence-electron chi connectivity index (χ0n) is 43.4. The highest BCUT2D eigenvalue weighted by Crippen LogP contribution is 2.56. The SMILES string of the molecule is Cc1ccc(N(CC(=O)O)CC(=O)O)c(OCCOc2cc(C3=c4cc5c(cc4Oc4cc6c(cc43)-c3sc4ccccc4c3C(C)(C)N6C)=[N+](C)C(C)(C)c3c-5sc4ccccc34)ccc2N(CC(=O)O)CC(=O)O)c1. The molecule has 0 atom stereocenters. The van der Waals surface area contributed by atoms with Gasteiger partial charge in [0.2, 0.25) is 5.36 Å². The Balaban J connectivity index is 1.11. The molecule has 2 aromatic heterocycles. The minimum Gasteiger partial charge on any atom is -0.488 e. The molecular formula is C60H55N4O11S2+. The molecular weight excluding hydrogens is 1020 g/mol. The number of ether oxygens (including phenoxy) is 3. The van der Waals surface area contributed by atoms with Crippen LogP contribution < -0.4 is 44.1 Å². The summed E-state index contributed by atoms with van der Waals surface area (Å²) in [5, 5.41) is 43.7. The molecule has 77 heavy (non-hydrogen) atoms. The molecule has 0 radical (unpaired) electrons. The molecule has 0 spiro atoms. The van der Waals surface area contributed by atoms with Crippen LogP contribution in [-0.2, 0) is 30.3 Å². The van der Waals surface area contributed by atoms with Gasteiger partial charge in [-0.3, -0.25) is 19.2 Å². The fourth-order valence-electron chi connectivity index (χ4n) is 11.3. The second-order valence-corrected chi connectivity index (χ2v) is 22.8. The van der Waals surface area contributed by atoms with Gasteiger partial charge < -0.3 is 49.3 Å². The van der Waals surface area contributed by atoms with E-state index < -0.39 is 50.1 Å². The fraction of sp³-hybridized carbons (Fsp3) is 0.250. The predicted octanol–water partition coefficient (Wildman–Crippen LogP) is 9.57. The van der Waals surface area contributed by atoms with E-state index in [1.807, 2.05) is 13.0 Å². The van der Waals surface area contributed by atoms with Crippen molar-refractivity contribution in [2.45, 2.75) is 45.7 Å². The minimum absolute atomic E-state index is 0.122. The summed E-state index contributed by atoms with van der Waals surface area (Å²) in [6, 6.07) is 36.0. The molecule has 5 heterocycles. The van der Waals surface area contributed by atoms with Crippen LogP contribution in [0, 0.1) is 6.92 Å². The lowest BCUT2D eigenvalue weighted by Crippen LogP contribution is -2.46. The summed E-state index contributed by atoms with van der Waals surface area (Å²) < 4.78 is 24.6. The average Bonchev–Trinajstić information content (AvgIpc) is 4.15. The van der Waals surface area contributed by atoms with Crippen LogP contribution in [0.3, 0.4) is 0 Å². The molecule has 392 valence electrons. The van der Waals surface area contributed by atoms with Crippen LogP contribution in [0.4, 0.5) is 17.1 Å². The number of aryl methyl sites for hydroxylation is 1. The third kappa shape index (κ3) is 8.72. The summed E-state index contributed by atoms with van der Waals surface area (Å²) in [4.78, 5) is 55.5. The summed E-state index contributed by atoms with van der Waals surface area (Å²) >= 11 is 3.52. The second-order valence-electron chi connectivity index (χ2n) is 20.7. The third-order valence-electron chi connectivity index (χ3n) is 15.2. The van der Waals surface area contributed by atoms with Gasteiger partial charge >= 0.3 is 23.9 Å². The molecule has 4 N–H and O–H groups in total. The molecule has 3 aliphatic heterocycles. The lowest BCUT2D eigenvalue weighted by atomic mass is 9.81. The Morgan fingerprint density at radius 1 is 0.623 bits per heavy atom. The Labute approximate surface area is 451 Å². The lowest BCUT2D eigenvalue weighted by molar-refractivity contribution is -0.138. The number of carbonyl (C=O) groups is 4. The third-order valence-corrected chi connectivity index (χ3v) is 17.6. The normalized spacial score (nSPS) is 14.4. The van der Waals surface area contributed by atoms with Crippen LogP contribution in [0.2, 0.25) is 0 Å². The van der Waals surface area contributed by atoms with Crippen LogP contribution in [-0.4, -0.2) is 97.8 Å². The summed E-state index contributed by atoms with van der Waals surface area (Å²) in [5.41, 5.74) is 8.33. The van der Waals surface area contributed by atoms with E-state index in [9.17, 15) is 39.6 Å². The van der Waals surface area contributed by atoms with Crippen LogP contribution in [0.15, 0.2) is 109 Å². The van der Waals surface area contributed by atoms with Gasteiger partial charge in [0.25, 0.3) is 0 Å². The van der Waals surface area contributed by atoms with Gasteiger partial charge in [0.15, 0.2) is 5.54 Å². The first-order valence-electron chi connectivity index (χ1n) is 25.0. The first-order chi connectivity index (χ1) is 36.7. The van der Waals surface area contributed by atoms with Crippen molar-refractivity contribution in [2.24, 2.45) is 0 Å². The van der Waals surface area contributed by atoms with Crippen LogP contribution in [0.25, 0.3) is 46.6 Å². The fourth-order valence-corrected chi connectivity index (χ4v) is 14.0. The molecule has 0 amide bonds. The number of aliphatic carboxylic acids is 4. The molecule has 15 nitrogen and oxygen atoms in total. The van der Waals surface area contributed by atoms with E-state index in [0.717, 1.165) is 53.8 Å². The molecule has 0 unspecified atom stereocenters. The van der Waals surface area contributed by atoms with Gasteiger partial charge in [-0.2, -0.15) is 0 Å². The molecule has 0 saturated heterocycles. The highest BCUT2D eigenvalue weighted by atomic mass is 32.1. The van der Waals surface area contributed by atoms with Crippen molar-refractivity contribution in [2.75, 3.05) is 68.2 Å². The number of hydrogen-bond donors (Lipinski definition) is 4. The Morgan fingerprint density at radius 3 is 1.74 bits per heavy atom. The first-order valence-corrected chi connectivity index (χ1v) is 26.7. The maximum atomic E-state index is 12.4. The molecule has 3 aliphatic rings. The summed E-state index contributed by atoms with van der Waals surface area (Å²) in [5.74, 6) is -3.28. The van der Waals surface area contributed by atoms with E-state index in [1.54, 1.807) is 53.0 Å². The molecule has 0 saturated carbocycles. The van der Waals surface area contributed by atoms with E-state index in [2.05, 4.69) is 124 Å². The Bertz CT molecular complexity index is 3940. The molecule has 0 fully saturated rings. The molecule has 0 aliphatic carbocycles. The predicted molar refractivity (Wildman–Crippen MR) is 301 cm³/mol. The monoisotopic (exact) mass is 1070 g/mol. The zero-order chi connectivity index (χ0) is 54.4.